The maximum absolute atomic E-state index is 9.76. The summed E-state index contributed by atoms with van der Waals surface area (Å²) >= 11 is 11.8. The number of hydrogen-bond donors (Lipinski definition) is 1. The molecule has 4 nitrogen and oxygen atoms in total. The lowest BCUT2D eigenvalue weighted by Gasteiger charge is -2.01. The molecule has 1 heterocycles. The van der Waals surface area contributed by atoms with Crippen LogP contribution < -0.4 is 0 Å². The van der Waals surface area contributed by atoms with Gasteiger partial charge in [-0.2, -0.15) is 4.98 Å². The molecule has 1 aromatic heterocycles. The number of hydrogen-bond acceptors (Lipinski definition) is 4. The van der Waals surface area contributed by atoms with E-state index in [1.165, 1.54) is 0 Å². The minimum Gasteiger partial charge on any atom is -0.385 e. The molecule has 1 aromatic carbocycles. The van der Waals surface area contributed by atoms with Gasteiger partial charge in [0.1, 0.15) is 6.10 Å². The molecule has 96 valence electrons. The van der Waals surface area contributed by atoms with Crippen LogP contribution >= 0.6 is 23.2 Å². The number of nitrogens with zero attached hydrogens (tertiary/aromatic N) is 2. The van der Waals surface area contributed by atoms with Crippen molar-refractivity contribution in [2.24, 2.45) is 0 Å². The van der Waals surface area contributed by atoms with Gasteiger partial charge in [0, 0.05) is 5.02 Å². The zero-order valence-electron chi connectivity index (χ0n) is 9.73. The highest BCUT2D eigenvalue weighted by Crippen LogP contribution is 2.30. The highest BCUT2D eigenvalue weighted by atomic mass is 35.5. The van der Waals surface area contributed by atoms with Gasteiger partial charge in [0.2, 0.25) is 5.82 Å². The average molecular weight is 287 g/mol. The molecule has 0 aliphatic heterocycles. The molecule has 1 N–H and O–H groups in total. The summed E-state index contributed by atoms with van der Waals surface area (Å²) in [6.07, 6.45) is 0.721. The van der Waals surface area contributed by atoms with E-state index in [1.807, 2.05) is 6.92 Å². The van der Waals surface area contributed by atoms with Gasteiger partial charge in [-0.15, -0.1) is 0 Å². The minimum atomic E-state index is -0.710. The number of aliphatic hydroxyl groups excluding tert-OH is 1. The van der Waals surface area contributed by atoms with E-state index in [9.17, 15) is 5.11 Å². The number of aromatic nitrogens is 2. The summed E-state index contributed by atoms with van der Waals surface area (Å²) in [4.78, 5) is 4.13. The maximum Gasteiger partial charge on any atom is 0.259 e. The lowest BCUT2D eigenvalue weighted by Crippen LogP contribution is -1.98. The Morgan fingerprint density at radius 2 is 2.17 bits per heavy atom. The molecule has 2 aromatic rings. The molecule has 0 aliphatic carbocycles. The number of aliphatic hydroxyl groups is 1. The molecular weight excluding hydrogens is 275 g/mol. The van der Waals surface area contributed by atoms with Crippen molar-refractivity contribution in [3.05, 3.63) is 34.1 Å². The van der Waals surface area contributed by atoms with E-state index >= 15 is 0 Å². The summed E-state index contributed by atoms with van der Waals surface area (Å²) in [5, 5.41) is 14.5. The molecule has 0 amide bonds. The van der Waals surface area contributed by atoms with E-state index in [0.29, 0.717) is 22.0 Å². The Hall–Kier alpha value is -1.10. The molecule has 0 fully saturated rings. The summed E-state index contributed by atoms with van der Waals surface area (Å²) in [6, 6.07) is 4.99. The minimum absolute atomic E-state index is 0.276. The third-order valence-electron chi connectivity index (χ3n) is 2.46. The largest absolute Gasteiger partial charge is 0.385 e. The second-order valence-corrected chi connectivity index (χ2v) is 4.73. The van der Waals surface area contributed by atoms with Gasteiger partial charge in [-0.25, -0.2) is 0 Å². The van der Waals surface area contributed by atoms with Crippen molar-refractivity contribution in [3.63, 3.8) is 0 Å². The fraction of sp³-hybridized carbons (Fsp3) is 0.333. The molecule has 0 radical (unpaired) electrons. The first-order valence-electron chi connectivity index (χ1n) is 5.59. The van der Waals surface area contributed by atoms with Crippen LogP contribution in [0.15, 0.2) is 22.7 Å². The molecule has 0 saturated carbocycles. The molecule has 0 spiro atoms. The predicted octanol–water partition coefficient (Wildman–Crippen LogP) is 3.88. The van der Waals surface area contributed by atoms with Gasteiger partial charge in [0.15, 0.2) is 0 Å². The lowest BCUT2D eigenvalue weighted by molar-refractivity contribution is 0.153. The van der Waals surface area contributed by atoms with E-state index in [2.05, 4.69) is 10.1 Å². The van der Waals surface area contributed by atoms with E-state index in [-0.39, 0.29) is 11.7 Å². The second-order valence-electron chi connectivity index (χ2n) is 3.89. The van der Waals surface area contributed by atoms with Gasteiger partial charge in [-0.05, 0) is 24.6 Å². The summed E-state index contributed by atoms with van der Waals surface area (Å²) in [5.74, 6) is 0.555. The van der Waals surface area contributed by atoms with Crippen LogP contribution in [0.5, 0.6) is 0 Å². The monoisotopic (exact) mass is 286 g/mol. The molecule has 18 heavy (non-hydrogen) atoms. The van der Waals surface area contributed by atoms with Crippen molar-refractivity contribution < 1.29 is 9.63 Å². The Morgan fingerprint density at radius 3 is 2.83 bits per heavy atom. The molecular formula is C12H12Cl2N2O2. The van der Waals surface area contributed by atoms with Gasteiger partial charge >= 0.3 is 0 Å². The topological polar surface area (TPSA) is 59.2 Å². The van der Waals surface area contributed by atoms with Crippen LogP contribution in [0.2, 0.25) is 10.0 Å². The first-order chi connectivity index (χ1) is 8.61. The van der Waals surface area contributed by atoms with E-state index in [0.717, 1.165) is 6.42 Å². The van der Waals surface area contributed by atoms with Crippen LogP contribution in [-0.2, 0) is 0 Å². The molecule has 0 saturated heterocycles. The Balaban J connectivity index is 2.29. The van der Waals surface area contributed by atoms with Crippen molar-refractivity contribution >= 4 is 23.2 Å². The summed E-state index contributed by atoms with van der Waals surface area (Å²) in [6.45, 7) is 1.97. The highest BCUT2D eigenvalue weighted by molar-refractivity contribution is 6.36. The molecule has 2 rings (SSSR count). The van der Waals surface area contributed by atoms with Crippen molar-refractivity contribution in [2.75, 3.05) is 0 Å². The van der Waals surface area contributed by atoms with Crippen LogP contribution in [-0.4, -0.2) is 15.2 Å². The van der Waals surface area contributed by atoms with E-state index in [4.69, 9.17) is 27.7 Å². The standard InChI is InChI=1S/C12H12Cl2N2O2/c1-2-3-10(17)11-15-12(18-16-11)8-5-4-7(13)6-9(8)14/h4-6,10,17H,2-3H2,1H3. The van der Waals surface area contributed by atoms with Crippen molar-refractivity contribution in [1.29, 1.82) is 0 Å². The predicted molar refractivity (Wildman–Crippen MR) is 69.6 cm³/mol. The normalized spacial score (nSPS) is 12.7. The molecule has 1 unspecified atom stereocenters. The molecule has 0 aliphatic rings. The quantitative estimate of drug-likeness (QED) is 0.927. The van der Waals surface area contributed by atoms with Crippen LogP contribution in [0.3, 0.4) is 0 Å². The second kappa shape index (κ2) is 5.69. The van der Waals surface area contributed by atoms with Gasteiger partial charge in [-0.3, -0.25) is 0 Å². The number of benzene rings is 1. The van der Waals surface area contributed by atoms with Crippen LogP contribution in [0.4, 0.5) is 0 Å². The Morgan fingerprint density at radius 1 is 1.39 bits per heavy atom. The Bertz CT molecular complexity index is 543. The first kappa shape index (κ1) is 13.3. The van der Waals surface area contributed by atoms with Crippen LogP contribution in [0.1, 0.15) is 31.7 Å². The zero-order chi connectivity index (χ0) is 13.1. The van der Waals surface area contributed by atoms with Crippen LogP contribution in [0, 0.1) is 0 Å². The number of halogens is 2. The van der Waals surface area contributed by atoms with Crippen LogP contribution in [0.25, 0.3) is 11.5 Å². The van der Waals surface area contributed by atoms with Gasteiger partial charge in [0.25, 0.3) is 5.89 Å². The Kier molecular flexibility index (Phi) is 4.22. The van der Waals surface area contributed by atoms with Gasteiger partial charge < -0.3 is 9.63 Å². The van der Waals surface area contributed by atoms with E-state index < -0.39 is 6.10 Å². The van der Waals surface area contributed by atoms with Crippen molar-refractivity contribution in [3.8, 4) is 11.5 Å². The first-order valence-corrected chi connectivity index (χ1v) is 6.34. The SMILES string of the molecule is CCCC(O)c1noc(-c2ccc(Cl)cc2Cl)n1. The van der Waals surface area contributed by atoms with Gasteiger partial charge in [-0.1, -0.05) is 41.7 Å². The maximum atomic E-state index is 9.76. The third-order valence-corrected chi connectivity index (χ3v) is 3.01. The highest BCUT2D eigenvalue weighted by Gasteiger charge is 2.17. The molecule has 6 heteroatoms. The smallest absolute Gasteiger partial charge is 0.259 e. The zero-order valence-corrected chi connectivity index (χ0v) is 11.2. The average Bonchev–Trinajstić information content (AvgIpc) is 2.78. The fourth-order valence-corrected chi connectivity index (χ4v) is 2.03. The Labute approximate surface area is 115 Å². The van der Waals surface area contributed by atoms with Crippen molar-refractivity contribution in [2.45, 2.75) is 25.9 Å². The lowest BCUT2D eigenvalue weighted by atomic mass is 10.2. The van der Waals surface area contributed by atoms with Gasteiger partial charge in [0.05, 0.1) is 10.6 Å². The summed E-state index contributed by atoms with van der Waals surface area (Å²) < 4.78 is 5.09. The van der Waals surface area contributed by atoms with Crippen molar-refractivity contribution in [1.82, 2.24) is 10.1 Å². The van der Waals surface area contributed by atoms with E-state index in [1.54, 1.807) is 18.2 Å². The third kappa shape index (κ3) is 2.83. The summed E-state index contributed by atoms with van der Waals surface area (Å²) in [7, 11) is 0. The molecule has 1 atom stereocenters. The molecule has 0 bridgehead atoms. The summed E-state index contributed by atoms with van der Waals surface area (Å²) in [5.41, 5.74) is 0.600. The fourth-order valence-electron chi connectivity index (χ4n) is 1.55. The number of rotatable bonds is 4.